The van der Waals surface area contributed by atoms with Crippen molar-refractivity contribution < 1.29 is 4.80 Å². The van der Waals surface area contributed by atoms with Gasteiger partial charge in [0.15, 0.2) is 0 Å². The van der Waals surface area contributed by atoms with Crippen LogP contribution in [0.1, 0.15) is 13.8 Å². The summed E-state index contributed by atoms with van der Waals surface area (Å²) in [6.45, 7) is 8.30. The maximum Gasteiger partial charge on any atom is 0.262 e. The van der Waals surface area contributed by atoms with Crippen molar-refractivity contribution in [2.24, 2.45) is 0 Å². The van der Waals surface area contributed by atoms with Crippen molar-refractivity contribution in [3.05, 3.63) is 94.3 Å². The molecule has 0 spiro atoms. The van der Waals surface area contributed by atoms with Crippen LogP contribution in [-0.2, 0) is 0 Å². The van der Waals surface area contributed by atoms with E-state index < -0.39 is 13.4 Å². The smallest absolute Gasteiger partial charge is 0.262 e. The van der Waals surface area contributed by atoms with Crippen LogP contribution in [0.25, 0.3) is 12.7 Å². The summed E-state index contributed by atoms with van der Waals surface area (Å²) in [4.78, 5) is 12.2. The Hall–Kier alpha value is -2.13. The van der Waals surface area contributed by atoms with E-state index in [4.69, 9.17) is 11.6 Å². The fraction of sp³-hybridized carbons (Fsp3) is 0.130. The van der Waals surface area contributed by atoms with Gasteiger partial charge in [-0.05, 0) is 26.9 Å². The molecule has 0 fully saturated rings. The predicted molar refractivity (Wildman–Crippen MR) is 115 cm³/mol. The quantitative estimate of drug-likeness (QED) is 0.692. The molecule has 1 N–H and O–H groups in total. The second-order valence-electron chi connectivity index (χ2n) is 7.12. The van der Waals surface area contributed by atoms with Crippen LogP contribution in [0.5, 0.6) is 0 Å². The third-order valence-electron chi connectivity index (χ3n) is 4.99. The van der Waals surface area contributed by atoms with E-state index in [1.165, 1.54) is 0 Å². The van der Waals surface area contributed by atoms with E-state index in [0.717, 1.165) is 20.8 Å². The SMILES string of the molecule is C=c1c(Cl)ccc/c1=C\C(C)(C)[Si](O)(c1ccccc1)c1ccccc1. The van der Waals surface area contributed by atoms with Crippen LogP contribution in [0.4, 0.5) is 0 Å². The highest BCUT2D eigenvalue weighted by Crippen LogP contribution is 2.36. The van der Waals surface area contributed by atoms with E-state index in [1.54, 1.807) is 0 Å². The number of benzene rings is 3. The molecule has 0 unspecified atom stereocenters. The zero-order valence-corrected chi connectivity index (χ0v) is 16.9. The highest BCUT2D eigenvalue weighted by atomic mass is 35.5. The molecule has 0 saturated heterocycles. The molecule has 3 aromatic carbocycles. The largest absolute Gasteiger partial charge is 0.423 e. The summed E-state index contributed by atoms with van der Waals surface area (Å²) < 4.78 is 0. The molecule has 0 aliphatic rings. The average Bonchev–Trinajstić information content (AvgIpc) is 2.66. The van der Waals surface area contributed by atoms with E-state index >= 15 is 0 Å². The second-order valence-corrected chi connectivity index (χ2v) is 11.4. The summed E-state index contributed by atoms with van der Waals surface area (Å²) in [5.41, 5.74) is 0. The van der Waals surface area contributed by atoms with Gasteiger partial charge in [-0.1, -0.05) is 111 Å². The fourth-order valence-corrected chi connectivity index (χ4v) is 7.19. The van der Waals surface area contributed by atoms with Gasteiger partial charge in [0.2, 0.25) is 0 Å². The second kappa shape index (κ2) is 7.24. The summed E-state index contributed by atoms with van der Waals surface area (Å²) in [5.74, 6) is 0. The van der Waals surface area contributed by atoms with Crippen LogP contribution in [0, 0.1) is 0 Å². The van der Waals surface area contributed by atoms with Crippen molar-refractivity contribution in [1.82, 2.24) is 0 Å². The molecule has 132 valence electrons. The van der Waals surface area contributed by atoms with E-state index in [9.17, 15) is 4.80 Å². The summed E-state index contributed by atoms with van der Waals surface area (Å²) in [5, 5.41) is 3.88. The molecule has 0 atom stereocenters. The summed E-state index contributed by atoms with van der Waals surface area (Å²) in [7, 11) is -3.08. The highest BCUT2D eigenvalue weighted by molar-refractivity contribution is 6.99. The number of hydrogen-bond donors (Lipinski definition) is 1. The molecule has 0 aliphatic heterocycles. The zero-order valence-electron chi connectivity index (χ0n) is 15.1. The molecular weight excluding hydrogens is 356 g/mol. The van der Waals surface area contributed by atoms with Gasteiger partial charge < -0.3 is 4.80 Å². The van der Waals surface area contributed by atoms with Gasteiger partial charge in [0, 0.05) is 10.1 Å². The van der Waals surface area contributed by atoms with Gasteiger partial charge in [-0.25, -0.2) is 0 Å². The zero-order chi connectivity index (χ0) is 18.8. The third kappa shape index (κ3) is 3.28. The lowest BCUT2D eigenvalue weighted by Crippen LogP contribution is -2.65. The molecule has 26 heavy (non-hydrogen) atoms. The van der Waals surface area contributed by atoms with Crippen LogP contribution in [-0.4, -0.2) is 13.1 Å². The van der Waals surface area contributed by atoms with E-state index in [2.05, 4.69) is 26.5 Å². The molecule has 0 saturated carbocycles. The Morgan fingerprint density at radius 1 is 0.846 bits per heavy atom. The summed E-state index contributed by atoms with van der Waals surface area (Å²) in [6.07, 6.45) is 2.12. The van der Waals surface area contributed by atoms with E-state index in [0.29, 0.717) is 5.02 Å². The van der Waals surface area contributed by atoms with Gasteiger partial charge in [0.05, 0.1) is 0 Å². The number of hydrogen-bond acceptors (Lipinski definition) is 1. The van der Waals surface area contributed by atoms with Crippen molar-refractivity contribution in [3.8, 4) is 0 Å². The Bertz CT molecular complexity index is 958. The molecule has 0 aliphatic carbocycles. The highest BCUT2D eigenvalue weighted by Gasteiger charge is 2.48. The van der Waals surface area contributed by atoms with Crippen LogP contribution in [0.2, 0.25) is 10.1 Å². The molecule has 1 nitrogen and oxygen atoms in total. The van der Waals surface area contributed by atoms with Gasteiger partial charge in [0.25, 0.3) is 8.32 Å². The Labute approximate surface area is 161 Å². The standard InChI is InChI=1S/C23H23ClOSi/c1-18-19(11-10-16-22(18)24)17-23(2,3)26(25,20-12-6-4-7-13-20)21-14-8-5-9-15-21/h4-17,25H,1H2,2-3H3/b19-17+. The average molecular weight is 379 g/mol. The first-order valence-corrected chi connectivity index (χ1v) is 11.0. The lowest BCUT2D eigenvalue weighted by Gasteiger charge is -2.39. The predicted octanol–water partition coefficient (Wildman–Crippen LogP) is 3.06. The molecule has 0 heterocycles. The van der Waals surface area contributed by atoms with Gasteiger partial charge >= 0.3 is 0 Å². The van der Waals surface area contributed by atoms with Crippen LogP contribution in [0.3, 0.4) is 0 Å². The first kappa shape index (κ1) is 18.7. The van der Waals surface area contributed by atoms with Gasteiger partial charge in [-0.3, -0.25) is 0 Å². The van der Waals surface area contributed by atoms with Crippen LogP contribution >= 0.6 is 11.6 Å². The molecule has 0 radical (unpaired) electrons. The topological polar surface area (TPSA) is 20.2 Å². The summed E-state index contributed by atoms with van der Waals surface area (Å²) >= 11 is 6.26. The van der Waals surface area contributed by atoms with E-state index in [1.807, 2.05) is 78.9 Å². The first-order valence-electron chi connectivity index (χ1n) is 8.66. The van der Waals surface area contributed by atoms with E-state index in [-0.39, 0.29) is 0 Å². The van der Waals surface area contributed by atoms with Gasteiger partial charge in [-0.2, -0.15) is 0 Å². The minimum atomic E-state index is -3.08. The van der Waals surface area contributed by atoms with Crippen molar-refractivity contribution in [2.45, 2.75) is 18.9 Å². The van der Waals surface area contributed by atoms with Crippen molar-refractivity contribution in [1.29, 1.82) is 0 Å². The normalized spacial score (nSPS) is 13.0. The molecular formula is C23H23ClOSi. The lowest BCUT2D eigenvalue weighted by atomic mass is 10.1. The molecule has 3 heteroatoms. The summed E-state index contributed by atoms with van der Waals surface area (Å²) in [6, 6.07) is 25.8. The minimum absolute atomic E-state index is 0.479. The Balaban J connectivity index is 2.28. The molecule has 0 bridgehead atoms. The molecule has 0 amide bonds. The lowest BCUT2D eigenvalue weighted by molar-refractivity contribution is 0.530. The fourth-order valence-electron chi connectivity index (χ4n) is 3.47. The Morgan fingerprint density at radius 2 is 1.35 bits per heavy atom. The van der Waals surface area contributed by atoms with Crippen LogP contribution in [0.15, 0.2) is 78.9 Å². The molecule has 0 aromatic heterocycles. The van der Waals surface area contributed by atoms with Gasteiger partial charge in [0.1, 0.15) is 0 Å². The minimum Gasteiger partial charge on any atom is -0.423 e. The Morgan fingerprint density at radius 3 is 1.85 bits per heavy atom. The van der Waals surface area contributed by atoms with Crippen LogP contribution < -0.4 is 20.8 Å². The number of halogens is 1. The third-order valence-corrected chi connectivity index (χ3v) is 9.69. The maximum atomic E-state index is 12.2. The van der Waals surface area contributed by atoms with Crippen molar-refractivity contribution in [3.63, 3.8) is 0 Å². The maximum absolute atomic E-state index is 12.2. The molecule has 3 aromatic rings. The number of rotatable bonds is 4. The van der Waals surface area contributed by atoms with Crippen molar-refractivity contribution >= 4 is 42.9 Å². The van der Waals surface area contributed by atoms with Crippen molar-refractivity contribution in [2.75, 3.05) is 0 Å². The first-order chi connectivity index (χ1) is 12.4. The Kier molecular flexibility index (Phi) is 5.19. The monoisotopic (exact) mass is 378 g/mol. The molecule has 3 rings (SSSR count). The van der Waals surface area contributed by atoms with Gasteiger partial charge in [-0.15, -0.1) is 0 Å².